The maximum Gasteiger partial charge on any atom is 0.273 e. The summed E-state index contributed by atoms with van der Waals surface area (Å²) in [5.41, 5.74) is 2.42. The average molecular weight is 375 g/mol. The molecular formula is C15H15BrN6O. The highest BCUT2D eigenvalue weighted by molar-refractivity contribution is 9.10. The topological polar surface area (TPSA) is 81.1 Å². The fourth-order valence-corrected chi connectivity index (χ4v) is 2.57. The lowest BCUT2D eigenvalue weighted by atomic mass is 10.2. The number of phenols is 1. The molecule has 118 valence electrons. The van der Waals surface area contributed by atoms with E-state index in [1.165, 1.54) is 0 Å². The van der Waals surface area contributed by atoms with Gasteiger partial charge in [0.2, 0.25) is 0 Å². The van der Waals surface area contributed by atoms with Gasteiger partial charge >= 0.3 is 0 Å². The summed E-state index contributed by atoms with van der Waals surface area (Å²) in [6.45, 7) is 5.67. The molecule has 1 N–H and O–H groups in total. The van der Waals surface area contributed by atoms with E-state index in [0.29, 0.717) is 17.3 Å². The summed E-state index contributed by atoms with van der Waals surface area (Å²) in [5.74, 6) is 1.27. The Labute approximate surface area is 141 Å². The highest BCUT2D eigenvalue weighted by Crippen LogP contribution is 2.20. The molecule has 2 heterocycles. The summed E-state index contributed by atoms with van der Waals surface area (Å²) >= 11 is 3.37. The molecule has 0 saturated carbocycles. The van der Waals surface area contributed by atoms with Crippen molar-refractivity contribution in [3.05, 3.63) is 51.5 Å². The third-order valence-corrected chi connectivity index (χ3v) is 3.77. The number of aromatic nitrogens is 5. The third kappa shape index (κ3) is 3.02. The van der Waals surface area contributed by atoms with Crippen LogP contribution in [0.4, 0.5) is 0 Å². The molecule has 2 aromatic heterocycles. The molecule has 0 aliphatic heterocycles. The number of rotatable bonds is 3. The molecule has 0 aliphatic rings. The molecule has 3 rings (SSSR count). The monoisotopic (exact) mass is 374 g/mol. The van der Waals surface area contributed by atoms with Gasteiger partial charge in [0.15, 0.2) is 5.82 Å². The van der Waals surface area contributed by atoms with Crippen LogP contribution in [0.1, 0.15) is 22.8 Å². The molecule has 1 aromatic carbocycles. The maximum atomic E-state index is 9.90. The molecule has 7 nitrogen and oxygen atoms in total. The van der Waals surface area contributed by atoms with Crippen LogP contribution in [0.25, 0.3) is 5.95 Å². The molecule has 8 heteroatoms. The van der Waals surface area contributed by atoms with Crippen LogP contribution in [0.2, 0.25) is 0 Å². The van der Waals surface area contributed by atoms with Crippen LogP contribution in [0.3, 0.4) is 0 Å². The van der Waals surface area contributed by atoms with Crippen LogP contribution in [-0.4, -0.2) is 36.0 Å². The first kappa shape index (κ1) is 15.4. The maximum absolute atomic E-state index is 9.90. The Morgan fingerprint density at radius 1 is 1.17 bits per heavy atom. The van der Waals surface area contributed by atoms with E-state index < -0.39 is 0 Å². The predicted molar refractivity (Wildman–Crippen MR) is 90.2 cm³/mol. The second kappa shape index (κ2) is 5.96. The molecule has 3 aromatic rings. The molecular weight excluding hydrogens is 360 g/mol. The molecule has 0 atom stereocenters. The molecule has 0 amide bonds. The van der Waals surface area contributed by atoms with Crippen molar-refractivity contribution in [3.8, 4) is 11.7 Å². The minimum atomic E-state index is 0.148. The van der Waals surface area contributed by atoms with Gasteiger partial charge in [-0.25, -0.2) is 4.68 Å². The number of hydrogen-bond acceptors (Lipinski definition) is 5. The zero-order chi connectivity index (χ0) is 16.6. The Hall–Kier alpha value is -2.48. The Kier molecular flexibility index (Phi) is 3.99. The highest BCUT2D eigenvalue weighted by atomic mass is 79.9. The fraction of sp³-hybridized carbons (Fsp3) is 0.200. The van der Waals surface area contributed by atoms with E-state index >= 15 is 0 Å². The second-order valence-corrected chi connectivity index (χ2v) is 6.06. The summed E-state index contributed by atoms with van der Waals surface area (Å²) in [4.78, 5) is 0. The van der Waals surface area contributed by atoms with Gasteiger partial charge in [-0.1, -0.05) is 15.9 Å². The molecule has 0 aliphatic carbocycles. The summed E-state index contributed by atoms with van der Waals surface area (Å²) in [7, 11) is 0. The first-order valence-corrected chi connectivity index (χ1v) is 7.73. The lowest BCUT2D eigenvalue weighted by Crippen LogP contribution is -2.08. The first-order valence-electron chi connectivity index (χ1n) is 6.94. The lowest BCUT2D eigenvalue weighted by molar-refractivity contribution is 0.474. The van der Waals surface area contributed by atoms with Crippen molar-refractivity contribution >= 4 is 22.1 Å². The van der Waals surface area contributed by atoms with Crippen molar-refractivity contribution in [3.63, 3.8) is 0 Å². The van der Waals surface area contributed by atoms with E-state index in [0.717, 1.165) is 15.9 Å². The SMILES string of the molecule is Cc1cc(C)n(-c2nnc(C)n2N=Cc2cc(Br)ccc2O)n1. The zero-order valence-electron chi connectivity index (χ0n) is 12.9. The van der Waals surface area contributed by atoms with E-state index in [1.54, 1.807) is 40.7 Å². The van der Waals surface area contributed by atoms with Crippen LogP contribution in [-0.2, 0) is 0 Å². The van der Waals surface area contributed by atoms with E-state index in [1.807, 2.05) is 19.9 Å². The summed E-state index contributed by atoms with van der Waals surface area (Å²) in [6, 6.07) is 7.10. The Bertz CT molecular complexity index is 896. The van der Waals surface area contributed by atoms with Crippen molar-refractivity contribution in [2.45, 2.75) is 20.8 Å². The highest BCUT2D eigenvalue weighted by Gasteiger charge is 2.13. The summed E-state index contributed by atoms with van der Waals surface area (Å²) in [5, 5.41) is 26.9. The zero-order valence-corrected chi connectivity index (χ0v) is 14.5. The number of nitrogens with zero attached hydrogens (tertiary/aromatic N) is 6. The number of hydrogen-bond donors (Lipinski definition) is 1. The van der Waals surface area contributed by atoms with E-state index in [2.05, 4.69) is 36.3 Å². The molecule has 0 fully saturated rings. The lowest BCUT2D eigenvalue weighted by Gasteiger charge is -2.04. The van der Waals surface area contributed by atoms with Crippen LogP contribution in [0, 0.1) is 20.8 Å². The van der Waals surface area contributed by atoms with E-state index in [9.17, 15) is 5.11 Å². The first-order chi connectivity index (χ1) is 11.0. The number of benzene rings is 1. The van der Waals surface area contributed by atoms with Crippen molar-refractivity contribution < 1.29 is 5.11 Å². The second-order valence-electron chi connectivity index (χ2n) is 5.15. The quantitative estimate of drug-likeness (QED) is 0.714. The normalized spacial score (nSPS) is 11.5. The summed E-state index contributed by atoms with van der Waals surface area (Å²) in [6.07, 6.45) is 1.56. The average Bonchev–Trinajstić information content (AvgIpc) is 3.02. The van der Waals surface area contributed by atoms with Gasteiger partial charge in [-0.3, -0.25) is 0 Å². The van der Waals surface area contributed by atoms with Gasteiger partial charge in [0.05, 0.1) is 11.9 Å². The minimum absolute atomic E-state index is 0.148. The Morgan fingerprint density at radius 2 is 1.96 bits per heavy atom. The van der Waals surface area contributed by atoms with Gasteiger partial charge in [-0.05, 0) is 45.0 Å². The van der Waals surface area contributed by atoms with Crippen molar-refractivity contribution in [1.82, 2.24) is 24.7 Å². The summed E-state index contributed by atoms with van der Waals surface area (Å²) < 4.78 is 4.13. The molecule has 0 radical (unpaired) electrons. The number of phenolic OH excluding ortho intramolecular Hbond substituents is 1. The molecule has 0 saturated heterocycles. The Morgan fingerprint density at radius 3 is 2.65 bits per heavy atom. The Balaban J connectivity index is 2.04. The van der Waals surface area contributed by atoms with Gasteiger partial charge in [-0.15, -0.1) is 10.2 Å². The van der Waals surface area contributed by atoms with Crippen molar-refractivity contribution in [2.24, 2.45) is 5.10 Å². The van der Waals surface area contributed by atoms with Gasteiger partial charge in [0, 0.05) is 15.7 Å². The minimum Gasteiger partial charge on any atom is -0.507 e. The van der Waals surface area contributed by atoms with Crippen molar-refractivity contribution in [1.29, 1.82) is 0 Å². The van der Waals surface area contributed by atoms with Gasteiger partial charge in [-0.2, -0.15) is 14.9 Å². The fourth-order valence-electron chi connectivity index (χ4n) is 2.19. The van der Waals surface area contributed by atoms with Crippen LogP contribution >= 0.6 is 15.9 Å². The van der Waals surface area contributed by atoms with Crippen molar-refractivity contribution in [2.75, 3.05) is 0 Å². The number of aromatic hydroxyl groups is 1. The number of halogens is 1. The number of aryl methyl sites for hydroxylation is 3. The molecule has 0 spiro atoms. The van der Waals surface area contributed by atoms with Gasteiger partial charge < -0.3 is 5.11 Å². The standard InChI is InChI=1S/C15H15BrN6O/c1-9-6-10(2)21(20-9)15-19-18-11(3)22(15)17-8-12-7-13(16)4-5-14(12)23/h4-8,23H,1-3H3. The largest absolute Gasteiger partial charge is 0.507 e. The predicted octanol–water partition coefficient (Wildman–Crippen LogP) is 2.74. The van der Waals surface area contributed by atoms with Crippen LogP contribution < -0.4 is 0 Å². The van der Waals surface area contributed by atoms with Crippen LogP contribution in [0.5, 0.6) is 5.75 Å². The molecule has 0 bridgehead atoms. The smallest absolute Gasteiger partial charge is 0.273 e. The van der Waals surface area contributed by atoms with Gasteiger partial charge in [0.25, 0.3) is 5.95 Å². The van der Waals surface area contributed by atoms with E-state index in [-0.39, 0.29) is 5.75 Å². The molecule has 0 unspecified atom stereocenters. The molecule has 23 heavy (non-hydrogen) atoms. The van der Waals surface area contributed by atoms with Crippen LogP contribution in [0.15, 0.2) is 33.8 Å². The van der Waals surface area contributed by atoms with E-state index in [4.69, 9.17) is 0 Å². The third-order valence-electron chi connectivity index (χ3n) is 3.28. The van der Waals surface area contributed by atoms with Gasteiger partial charge in [0.1, 0.15) is 5.75 Å².